The van der Waals surface area contributed by atoms with E-state index in [0.717, 1.165) is 29.4 Å². The van der Waals surface area contributed by atoms with Crippen LogP contribution in [0.1, 0.15) is 37.4 Å². The van der Waals surface area contributed by atoms with E-state index in [1.54, 1.807) is 19.2 Å². The Bertz CT molecular complexity index is 1060. The molecule has 0 saturated carbocycles. The number of aryl methyl sites for hydroxylation is 1. The summed E-state index contributed by atoms with van der Waals surface area (Å²) in [4.78, 5) is 24.1. The Morgan fingerprint density at radius 3 is 2.72 bits per heavy atom. The molecule has 0 spiro atoms. The first kappa shape index (κ1) is 20.5. The van der Waals surface area contributed by atoms with Gasteiger partial charge in [-0.1, -0.05) is 31.5 Å². The maximum absolute atomic E-state index is 12.3. The van der Waals surface area contributed by atoms with Crippen molar-refractivity contribution in [2.45, 2.75) is 32.7 Å². The number of benzene rings is 2. The van der Waals surface area contributed by atoms with E-state index in [2.05, 4.69) is 12.2 Å². The number of nitrogens with one attached hydrogen (secondary N) is 1. The number of para-hydroxylation sites is 1. The monoisotopic (exact) mass is 395 g/mol. The predicted octanol–water partition coefficient (Wildman–Crippen LogP) is 4.01. The van der Waals surface area contributed by atoms with Crippen molar-refractivity contribution in [3.63, 3.8) is 0 Å². The largest absolute Gasteiger partial charge is 0.496 e. The molecule has 2 aromatic carbocycles. The van der Waals surface area contributed by atoms with Crippen LogP contribution in [0.3, 0.4) is 0 Å². The number of hydrogen-bond acceptors (Lipinski definition) is 5. The van der Waals surface area contributed by atoms with E-state index >= 15 is 0 Å². The number of ether oxygens (including phenoxy) is 2. The first-order chi connectivity index (χ1) is 14.0. The highest BCUT2D eigenvalue weighted by molar-refractivity contribution is 5.82. The minimum absolute atomic E-state index is 0.149. The highest BCUT2D eigenvalue weighted by Gasteiger charge is 2.14. The van der Waals surface area contributed by atoms with E-state index in [-0.39, 0.29) is 24.2 Å². The molecular formula is C23H25NO5. The Labute approximate surface area is 169 Å². The summed E-state index contributed by atoms with van der Waals surface area (Å²) in [6, 6.07) is 14.1. The molecule has 0 bridgehead atoms. The average molecular weight is 395 g/mol. The molecule has 3 rings (SSSR count). The lowest BCUT2D eigenvalue weighted by Crippen LogP contribution is -2.31. The van der Waals surface area contributed by atoms with Crippen molar-refractivity contribution in [2.24, 2.45) is 0 Å². The summed E-state index contributed by atoms with van der Waals surface area (Å²) < 4.78 is 16.2. The van der Waals surface area contributed by atoms with Gasteiger partial charge in [0.25, 0.3) is 5.91 Å². The van der Waals surface area contributed by atoms with Gasteiger partial charge in [0.1, 0.15) is 17.1 Å². The van der Waals surface area contributed by atoms with Crippen molar-refractivity contribution in [1.29, 1.82) is 0 Å². The summed E-state index contributed by atoms with van der Waals surface area (Å²) in [6.07, 6.45) is 1.73. The molecule has 1 atom stereocenters. The van der Waals surface area contributed by atoms with E-state index in [9.17, 15) is 9.59 Å². The minimum atomic E-state index is -0.388. The van der Waals surface area contributed by atoms with E-state index in [1.165, 1.54) is 6.07 Å². The summed E-state index contributed by atoms with van der Waals surface area (Å²) in [6.45, 7) is 3.79. The van der Waals surface area contributed by atoms with Crippen molar-refractivity contribution in [3.05, 3.63) is 70.1 Å². The van der Waals surface area contributed by atoms with E-state index in [1.807, 2.05) is 37.3 Å². The van der Waals surface area contributed by atoms with Crippen LogP contribution in [0.5, 0.6) is 11.5 Å². The molecule has 1 heterocycles. The fourth-order valence-electron chi connectivity index (χ4n) is 3.31. The van der Waals surface area contributed by atoms with Gasteiger partial charge in [0.05, 0.1) is 13.2 Å². The first-order valence-corrected chi connectivity index (χ1v) is 9.63. The van der Waals surface area contributed by atoms with Crippen molar-refractivity contribution < 1.29 is 18.7 Å². The standard InChI is InChI=1S/C23H25NO5/c1-4-7-16-12-23(26)29-21-13-17(10-11-19(16)21)28-14-22(25)24-15(2)18-8-5-6-9-20(18)27-3/h5-6,8-13,15H,4,7,14H2,1-3H3,(H,24,25). The van der Waals surface area contributed by atoms with Gasteiger partial charge in [0.15, 0.2) is 6.61 Å². The quantitative estimate of drug-likeness (QED) is 0.583. The molecule has 6 nitrogen and oxygen atoms in total. The summed E-state index contributed by atoms with van der Waals surface area (Å²) in [5.74, 6) is 0.924. The van der Waals surface area contributed by atoms with Gasteiger partial charge in [-0.2, -0.15) is 0 Å². The predicted molar refractivity (Wildman–Crippen MR) is 112 cm³/mol. The van der Waals surface area contributed by atoms with Gasteiger partial charge in [-0.3, -0.25) is 4.79 Å². The zero-order valence-electron chi connectivity index (χ0n) is 16.9. The van der Waals surface area contributed by atoms with Crippen LogP contribution in [-0.2, 0) is 11.2 Å². The number of rotatable bonds is 8. The molecule has 3 aromatic rings. The zero-order chi connectivity index (χ0) is 20.8. The second-order valence-corrected chi connectivity index (χ2v) is 6.82. The second kappa shape index (κ2) is 9.28. The number of methoxy groups -OCH3 is 1. The zero-order valence-corrected chi connectivity index (χ0v) is 16.9. The normalized spacial score (nSPS) is 11.8. The maximum atomic E-state index is 12.3. The van der Waals surface area contributed by atoms with E-state index in [0.29, 0.717) is 17.1 Å². The summed E-state index contributed by atoms with van der Waals surface area (Å²) in [5.41, 5.74) is 1.91. The van der Waals surface area contributed by atoms with Crippen LogP contribution in [0.25, 0.3) is 11.0 Å². The Morgan fingerprint density at radius 2 is 1.97 bits per heavy atom. The van der Waals surface area contributed by atoms with Crippen LogP contribution in [0.4, 0.5) is 0 Å². The molecule has 0 aliphatic rings. The molecule has 1 unspecified atom stereocenters. The molecule has 6 heteroatoms. The molecule has 0 fully saturated rings. The number of carbonyl (C=O) groups is 1. The van der Waals surface area contributed by atoms with Crippen LogP contribution in [-0.4, -0.2) is 19.6 Å². The molecule has 0 aliphatic heterocycles. The van der Waals surface area contributed by atoms with E-state index < -0.39 is 0 Å². The Hall–Kier alpha value is -3.28. The molecule has 1 amide bonds. The average Bonchev–Trinajstić information content (AvgIpc) is 2.72. The summed E-state index contributed by atoms with van der Waals surface area (Å²) in [5, 5.41) is 3.78. The van der Waals surface area contributed by atoms with Gasteiger partial charge >= 0.3 is 5.63 Å². The lowest BCUT2D eigenvalue weighted by molar-refractivity contribution is -0.123. The fraction of sp³-hybridized carbons (Fsp3) is 0.304. The number of amides is 1. The van der Waals surface area contributed by atoms with Crippen LogP contribution >= 0.6 is 0 Å². The maximum Gasteiger partial charge on any atom is 0.336 e. The van der Waals surface area contributed by atoms with Gasteiger partial charge in [-0.25, -0.2) is 4.79 Å². The van der Waals surface area contributed by atoms with Gasteiger partial charge in [0.2, 0.25) is 0 Å². The molecule has 29 heavy (non-hydrogen) atoms. The number of hydrogen-bond donors (Lipinski definition) is 1. The van der Waals surface area contributed by atoms with Crippen molar-refractivity contribution in [1.82, 2.24) is 5.32 Å². The molecule has 0 aliphatic carbocycles. The van der Waals surface area contributed by atoms with Crippen LogP contribution in [0.15, 0.2) is 57.7 Å². The molecule has 1 aromatic heterocycles. The third-order valence-electron chi connectivity index (χ3n) is 4.67. The first-order valence-electron chi connectivity index (χ1n) is 9.63. The Kier molecular flexibility index (Phi) is 6.54. The van der Waals surface area contributed by atoms with Crippen LogP contribution in [0, 0.1) is 0 Å². The molecule has 1 N–H and O–H groups in total. The van der Waals surface area contributed by atoms with Gasteiger partial charge in [0, 0.05) is 23.1 Å². The van der Waals surface area contributed by atoms with Crippen LogP contribution < -0.4 is 20.4 Å². The van der Waals surface area contributed by atoms with Crippen molar-refractivity contribution in [2.75, 3.05) is 13.7 Å². The summed E-state index contributed by atoms with van der Waals surface area (Å²) >= 11 is 0. The topological polar surface area (TPSA) is 77.8 Å². The third kappa shape index (κ3) is 4.96. The van der Waals surface area contributed by atoms with Crippen molar-refractivity contribution in [3.8, 4) is 11.5 Å². The molecular weight excluding hydrogens is 370 g/mol. The lowest BCUT2D eigenvalue weighted by atomic mass is 10.1. The van der Waals surface area contributed by atoms with Crippen molar-refractivity contribution >= 4 is 16.9 Å². The summed E-state index contributed by atoms with van der Waals surface area (Å²) in [7, 11) is 1.60. The van der Waals surface area contributed by atoms with E-state index in [4.69, 9.17) is 13.9 Å². The number of carbonyl (C=O) groups excluding carboxylic acids is 1. The number of fused-ring (bicyclic) bond motifs is 1. The lowest BCUT2D eigenvalue weighted by Gasteiger charge is -2.17. The SMILES string of the molecule is CCCc1cc(=O)oc2cc(OCC(=O)NC(C)c3ccccc3OC)ccc12. The Balaban J connectivity index is 1.67. The fourth-order valence-corrected chi connectivity index (χ4v) is 3.31. The van der Waals surface area contributed by atoms with Gasteiger partial charge in [-0.15, -0.1) is 0 Å². The highest BCUT2D eigenvalue weighted by Crippen LogP contribution is 2.25. The Morgan fingerprint density at radius 1 is 1.17 bits per heavy atom. The molecule has 0 radical (unpaired) electrons. The molecule has 0 saturated heterocycles. The third-order valence-corrected chi connectivity index (χ3v) is 4.67. The smallest absolute Gasteiger partial charge is 0.336 e. The minimum Gasteiger partial charge on any atom is -0.496 e. The highest BCUT2D eigenvalue weighted by atomic mass is 16.5. The second-order valence-electron chi connectivity index (χ2n) is 6.82. The van der Waals surface area contributed by atoms with Gasteiger partial charge in [-0.05, 0) is 37.1 Å². The molecule has 152 valence electrons. The van der Waals surface area contributed by atoms with Gasteiger partial charge < -0.3 is 19.2 Å². The van der Waals surface area contributed by atoms with Crippen LogP contribution in [0.2, 0.25) is 0 Å².